The molecule has 108 valence electrons. The molecular formula is C16H14FNO3. The number of amides is 1. The quantitative estimate of drug-likeness (QED) is 0.830. The van der Waals surface area contributed by atoms with Crippen LogP contribution in [0.25, 0.3) is 0 Å². The van der Waals surface area contributed by atoms with Gasteiger partial charge < -0.3 is 10.1 Å². The topological polar surface area (TPSA) is 55.4 Å². The highest BCUT2D eigenvalue weighted by atomic mass is 19.1. The Morgan fingerprint density at radius 1 is 1.19 bits per heavy atom. The average Bonchev–Trinajstić information content (AvgIpc) is 2.52. The Morgan fingerprint density at radius 2 is 2.00 bits per heavy atom. The zero-order valence-electron chi connectivity index (χ0n) is 11.2. The smallest absolute Gasteiger partial charge is 0.258 e. The van der Waals surface area contributed by atoms with Crippen molar-refractivity contribution in [2.24, 2.45) is 0 Å². The summed E-state index contributed by atoms with van der Waals surface area (Å²) in [6, 6.07) is 12.7. The first kappa shape index (κ1) is 14.7. The van der Waals surface area contributed by atoms with E-state index in [1.54, 1.807) is 36.4 Å². The maximum absolute atomic E-state index is 13.4. The number of benzene rings is 2. The largest absolute Gasteiger partial charge is 0.484 e. The molecule has 0 spiro atoms. The minimum absolute atomic E-state index is 0.100. The van der Waals surface area contributed by atoms with Gasteiger partial charge in [-0.3, -0.25) is 9.59 Å². The Morgan fingerprint density at radius 3 is 2.76 bits per heavy atom. The first-order valence-electron chi connectivity index (χ1n) is 6.37. The minimum atomic E-state index is -0.366. The van der Waals surface area contributed by atoms with Gasteiger partial charge in [0.05, 0.1) is 0 Å². The fraction of sp³-hybridized carbons (Fsp3) is 0.125. The maximum atomic E-state index is 13.4. The summed E-state index contributed by atoms with van der Waals surface area (Å²) in [7, 11) is 0. The predicted molar refractivity (Wildman–Crippen MR) is 75.6 cm³/mol. The van der Waals surface area contributed by atoms with Crippen LogP contribution in [0.1, 0.15) is 15.9 Å². The molecule has 1 amide bonds. The molecule has 2 aromatic carbocycles. The lowest BCUT2D eigenvalue weighted by Gasteiger charge is -2.08. The van der Waals surface area contributed by atoms with Gasteiger partial charge in [-0.2, -0.15) is 0 Å². The van der Waals surface area contributed by atoms with Gasteiger partial charge in [-0.15, -0.1) is 0 Å². The number of carbonyl (C=O) groups excluding carboxylic acids is 2. The van der Waals surface area contributed by atoms with Crippen molar-refractivity contribution in [3.05, 3.63) is 65.5 Å². The first-order chi connectivity index (χ1) is 10.2. The third-order valence-corrected chi connectivity index (χ3v) is 2.80. The molecule has 0 heterocycles. The number of nitrogens with one attached hydrogen (secondary N) is 1. The molecule has 2 rings (SSSR count). The van der Waals surface area contributed by atoms with Crippen molar-refractivity contribution in [2.45, 2.75) is 6.54 Å². The standard InChI is InChI=1S/C16H14FNO3/c17-15-7-2-1-5-13(15)9-18-16(20)11-21-14-6-3-4-12(8-14)10-19/h1-8,10H,9,11H2,(H,18,20). The summed E-state index contributed by atoms with van der Waals surface area (Å²) in [4.78, 5) is 22.2. The minimum Gasteiger partial charge on any atom is -0.484 e. The van der Waals surface area contributed by atoms with Gasteiger partial charge in [-0.1, -0.05) is 30.3 Å². The first-order valence-corrected chi connectivity index (χ1v) is 6.37. The van der Waals surface area contributed by atoms with Crippen LogP contribution in [0.4, 0.5) is 4.39 Å². The normalized spacial score (nSPS) is 9.95. The molecule has 0 unspecified atom stereocenters. The molecule has 0 saturated heterocycles. The summed E-state index contributed by atoms with van der Waals surface area (Å²) in [6.07, 6.45) is 0.700. The van der Waals surface area contributed by atoms with E-state index in [2.05, 4.69) is 5.32 Å². The molecule has 0 aliphatic heterocycles. The van der Waals surface area contributed by atoms with E-state index in [1.165, 1.54) is 12.1 Å². The van der Waals surface area contributed by atoms with Gasteiger partial charge in [0, 0.05) is 17.7 Å². The Kier molecular flexibility index (Phi) is 5.04. The molecule has 0 fully saturated rings. The molecule has 4 nitrogen and oxygen atoms in total. The summed E-state index contributed by atoms with van der Waals surface area (Å²) in [5, 5.41) is 2.57. The average molecular weight is 287 g/mol. The molecule has 0 saturated carbocycles. The van der Waals surface area contributed by atoms with Crippen molar-refractivity contribution in [1.29, 1.82) is 0 Å². The summed E-state index contributed by atoms with van der Waals surface area (Å²) in [5.74, 6) is -0.298. The molecule has 0 aliphatic rings. The van der Waals surface area contributed by atoms with Crippen molar-refractivity contribution in [3.8, 4) is 5.75 Å². The van der Waals surface area contributed by atoms with Crippen LogP contribution < -0.4 is 10.1 Å². The van der Waals surface area contributed by atoms with Crippen molar-refractivity contribution in [3.63, 3.8) is 0 Å². The van der Waals surface area contributed by atoms with Crippen LogP contribution in [0.5, 0.6) is 5.75 Å². The monoisotopic (exact) mass is 287 g/mol. The van der Waals surface area contributed by atoms with E-state index in [-0.39, 0.29) is 24.9 Å². The Hall–Kier alpha value is -2.69. The lowest BCUT2D eigenvalue weighted by Crippen LogP contribution is -2.28. The molecule has 0 aliphatic carbocycles. The number of halogens is 1. The highest BCUT2D eigenvalue weighted by molar-refractivity contribution is 5.78. The van der Waals surface area contributed by atoms with Crippen LogP contribution in [-0.4, -0.2) is 18.8 Å². The second-order valence-electron chi connectivity index (χ2n) is 4.35. The molecule has 21 heavy (non-hydrogen) atoms. The Labute approximate surface area is 121 Å². The van der Waals surface area contributed by atoms with Crippen molar-refractivity contribution < 1.29 is 18.7 Å². The predicted octanol–water partition coefficient (Wildman–Crippen LogP) is 2.33. The molecule has 0 aromatic heterocycles. The SMILES string of the molecule is O=Cc1cccc(OCC(=O)NCc2ccccc2F)c1. The molecule has 0 atom stereocenters. The van der Waals surface area contributed by atoms with Crippen LogP contribution in [0.15, 0.2) is 48.5 Å². The molecule has 2 aromatic rings. The van der Waals surface area contributed by atoms with E-state index in [9.17, 15) is 14.0 Å². The van der Waals surface area contributed by atoms with Gasteiger partial charge in [0.15, 0.2) is 6.61 Å². The molecule has 0 radical (unpaired) electrons. The van der Waals surface area contributed by atoms with Gasteiger partial charge >= 0.3 is 0 Å². The highest BCUT2D eigenvalue weighted by Crippen LogP contribution is 2.11. The van der Waals surface area contributed by atoms with Gasteiger partial charge in [0.2, 0.25) is 0 Å². The molecular weight excluding hydrogens is 273 g/mol. The number of carbonyl (C=O) groups is 2. The van der Waals surface area contributed by atoms with Crippen molar-refractivity contribution in [1.82, 2.24) is 5.32 Å². The van der Waals surface area contributed by atoms with Crippen LogP contribution in [-0.2, 0) is 11.3 Å². The number of hydrogen-bond donors (Lipinski definition) is 1. The van der Waals surface area contributed by atoms with Gasteiger partial charge in [-0.05, 0) is 18.2 Å². The number of ether oxygens (including phenoxy) is 1. The summed E-state index contributed by atoms with van der Waals surface area (Å²) in [6.45, 7) is -0.0972. The third-order valence-electron chi connectivity index (χ3n) is 2.80. The van der Waals surface area contributed by atoms with E-state index in [0.717, 1.165) is 0 Å². The fourth-order valence-electron chi connectivity index (χ4n) is 1.71. The number of hydrogen-bond acceptors (Lipinski definition) is 3. The lowest BCUT2D eigenvalue weighted by atomic mass is 10.2. The maximum Gasteiger partial charge on any atom is 0.258 e. The Balaban J connectivity index is 1.82. The lowest BCUT2D eigenvalue weighted by molar-refractivity contribution is -0.123. The Bertz CT molecular complexity index is 643. The highest BCUT2D eigenvalue weighted by Gasteiger charge is 2.05. The summed E-state index contributed by atoms with van der Waals surface area (Å²) < 4.78 is 18.6. The van der Waals surface area contributed by atoms with Gasteiger partial charge in [-0.25, -0.2) is 4.39 Å². The number of aldehydes is 1. The molecule has 5 heteroatoms. The van der Waals surface area contributed by atoms with Crippen molar-refractivity contribution in [2.75, 3.05) is 6.61 Å². The third kappa shape index (κ3) is 4.42. The fourth-order valence-corrected chi connectivity index (χ4v) is 1.71. The van der Waals surface area contributed by atoms with E-state index in [1.807, 2.05) is 0 Å². The van der Waals surface area contributed by atoms with Gasteiger partial charge in [0.1, 0.15) is 17.9 Å². The summed E-state index contributed by atoms with van der Waals surface area (Å²) >= 11 is 0. The van der Waals surface area contributed by atoms with Crippen LogP contribution in [0.3, 0.4) is 0 Å². The van der Waals surface area contributed by atoms with E-state index < -0.39 is 0 Å². The molecule has 1 N–H and O–H groups in total. The molecule has 0 bridgehead atoms. The van der Waals surface area contributed by atoms with Crippen LogP contribution in [0, 0.1) is 5.82 Å². The second-order valence-corrected chi connectivity index (χ2v) is 4.35. The second kappa shape index (κ2) is 7.19. The number of rotatable bonds is 6. The van der Waals surface area contributed by atoms with Gasteiger partial charge in [0.25, 0.3) is 5.91 Å². The summed E-state index contributed by atoms with van der Waals surface area (Å²) in [5.41, 5.74) is 0.882. The van der Waals surface area contributed by atoms with Crippen LogP contribution in [0.2, 0.25) is 0 Å². The zero-order valence-corrected chi connectivity index (χ0v) is 11.2. The van der Waals surface area contributed by atoms with E-state index in [0.29, 0.717) is 23.2 Å². The van der Waals surface area contributed by atoms with Crippen LogP contribution >= 0.6 is 0 Å². The van der Waals surface area contributed by atoms with E-state index >= 15 is 0 Å². The zero-order chi connectivity index (χ0) is 15.1. The van der Waals surface area contributed by atoms with E-state index in [4.69, 9.17) is 4.74 Å². The van der Waals surface area contributed by atoms with Crippen molar-refractivity contribution >= 4 is 12.2 Å².